The summed E-state index contributed by atoms with van der Waals surface area (Å²) < 4.78 is 25.6. The number of hydrogen-bond donors (Lipinski definition) is 4. The van der Waals surface area contributed by atoms with Crippen molar-refractivity contribution in [1.82, 2.24) is 20.9 Å². The first-order chi connectivity index (χ1) is 22.1. The molecular formula is C35H57N5O7S. The Morgan fingerprint density at radius 1 is 0.896 bits per heavy atom. The molecule has 4 aliphatic carbocycles. The number of nitrogens with one attached hydrogen (secondary N) is 3. The predicted octanol–water partition coefficient (Wildman–Crippen LogP) is 2.83. The van der Waals surface area contributed by atoms with Crippen molar-refractivity contribution in [3.05, 3.63) is 0 Å². The highest BCUT2D eigenvalue weighted by molar-refractivity contribution is 7.92. The van der Waals surface area contributed by atoms with Gasteiger partial charge < -0.3 is 26.6 Å². The molecule has 12 nitrogen and oxygen atoms in total. The Bertz CT molecular complexity index is 1440. The summed E-state index contributed by atoms with van der Waals surface area (Å²) in [5.74, 6) is -2.64. The van der Waals surface area contributed by atoms with Crippen LogP contribution in [0, 0.1) is 34.5 Å². The number of piperidine rings is 1. The van der Waals surface area contributed by atoms with Crippen molar-refractivity contribution in [1.29, 1.82) is 0 Å². The SMILES string of the molecule is CC(C)(C)[C@H](NC(=O)NC1(CS(=O)(=O)C(C)(C)C)CCCCC1)C(=O)N1C[C@H]2[C@@H]([C@H]1C(=O)NC(C(=O)C(N)=O)C1CCC1)[C@@]2(C)C1CC1. The molecule has 13 heteroatoms. The van der Waals surface area contributed by atoms with Gasteiger partial charge in [-0.05, 0) is 93.8 Å². The Hall–Kier alpha value is -2.70. The molecule has 6 atom stereocenters. The summed E-state index contributed by atoms with van der Waals surface area (Å²) in [7, 11) is -3.56. The molecule has 0 aromatic rings. The molecule has 5 fully saturated rings. The molecule has 5 aliphatic rings. The van der Waals surface area contributed by atoms with E-state index >= 15 is 0 Å². The minimum absolute atomic E-state index is 0.0909. The molecule has 0 spiro atoms. The van der Waals surface area contributed by atoms with Gasteiger partial charge in [0, 0.05) is 6.54 Å². The molecule has 5 rings (SSSR count). The van der Waals surface area contributed by atoms with Crippen LogP contribution in [0.3, 0.4) is 0 Å². The van der Waals surface area contributed by atoms with Crippen LogP contribution in [-0.4, -0.2) is 83.6 Å². The van der Waals surface area contributed by atoms with Crippen molar-refractivity contribution in [3.63, 3.8) is 0 Å². The lowest BCUT2D eigenvalue weighted by atomic mass is 9.78. The van der Waals surface area contributed by atoms with Gasteiger partial charge in [-0.1, -0.05) is 53.4 Å². The van der Waals surface area contributed by atoms with Gasteiger partial charge in [0.15, 0.2) is 9.84 Å². The highest BCUT2D eigenvalue weighted by Crippen LogP contribution is 2.73. The molecule has 0 bridgehead atoms. The lowest BCUT2D eigenvalue weighted by Gasteiger charge is -2.41. The second-order valence-corrected chi connectivity index (χ2v) is 20.5. The lowest BCUT2D eigenvalue weighted by molar-refractivity contribution is -0.146. The van der Waals surface area contributed by atoms with Gasteiger partial charge in [0.25, 0.3) is 5.91 Å². The van der Waals surface area contributed by atoms with Crippen LogP contribution in [0.15, 0.2) is 0 Å². The molecule has 1 unspecified atom stereocenters. The van der Waals surface area contributed by atoms with Crippen molar-refractivity contribution >= 4 is 39.4 Å². The third-order valence-electron chi connectivity index (χ3n) is 12.3. The standard InChI is InChI=1S/C35H57N5O7S/c1-32(2,3)27(38-31(45)39-35(16-9-8-10-17-35)19-48(46,47)33(4,5)6)30(44)40-18-22-23(34(22,7)21-14-15-21)25(40)29(43)37-24(20-12-11-13-20)26(41)28(36)42/h20-25,27H,8-19H2,1-7H3,(H2,36,42)(H,37,43)(H2,38,39,45)/t22-,23-,24?,25-,27+,34-/m0/s1. The number of nitrogens with zero attached hydrogens (tertiary/aromatic N) is 1. The van der Waals surface area contributed by atoms with Gasteiger partial charge in [0.2, 0.25) is 17.6 Å². The van der Waals surface area contributed by atoms with E-state index in [1.807, 2.05) is 20.8 Å². The minimum Gasteiger partial charge on any atom is -0.363 e. The lowest BCUT2D eigenvalue weighted by Crippen LogP contribution is -2.64. The van der Waals surface area contributed by atoms with Crippen molar-refractivity contribution in [3.8, 4) is 0 Å². The second kappa shape index (κ2) is 12.6. The first-order valence-corrected chi connectivity index (χ1v) is 19.5. The van der Waals surface area contributed by atoms with Crippen molar-refractivity contribution in [2.45, 2.75) is 141 Å². The fraction of sp³-hybridized carbons (Fsp3) is 0.857. The number of hydrogen-bond acceptors (Lipinski definition) is 7. The average molecular weight is 692 g/mol. The first-order valence-electron chi connectivity index (χ1n) is 17.9. The normalized spacial score (nSPS) is 29.9. The van der Waals surface area contributed by atoms with Crippen molar-refractivity contribution < 1.29 is 32.4 Å². The molecule has 1 heterocycles. The number of Topliss-reactive ketones (excluding diaryl/α,β-unsaturated/α-hetero) is 1. The number of rotatable bonds is 11. The van der Waals surface area contributed by atoms with E-state index in [9.17, 15) is 32.4 Å². The van der Waals surface area contributed by atoms with Gasteiger partial charge in [0.05, 0.1) is 16.0 Å². The number of fused-ring (bicyclic) bond motifs is 1. The topological polar surface area (TPSA) is 185 Å². The quantitative estimate of drug-likeness (QED) is 0.240. The fourth-order valence-electron chi connectivity index (χ4n) is 8.76. The zero-order valence-electron chi connectivity index (χ0n) is 29.8. The molecule has 0 radical (unpaired) electrons. The minimum atomic E-state index is -3.56. The van der Waals surface area contributed by atoms with Gasteiger partial charge in [-0.3, -0.25) is 19.2 Å². The first kappa shape index (κ1) is 36.6. The van der Waals surface area contributed by atoms with E-state index in [1.54, 1.807) is 25.7 Å². The molecule has 48 heavy (non-hydrogen) atoms. The maximum absolute atomic E-state index is 14.5. The van der Waals surface area contributed by atoms with Crippen LogP contribution in [0.4, 0.5) is 4.79 Å². The van der Waals surface area contributed by atoms with E-state index in [4.69, 9.17) is 5.73 Å². The van der Waals surface area contributed by atoms with Crippen molar-refractivity contribution in [2.24, 2.45) is 40.2 Å². The van der Waals surface area contributed by atoms with Crippen LogP contribution in [0.5, 0.6) is 0 Å². The molecule has 4 saturated carbocycles. The fourth-order valence-corrected chi connectivity index (χ4v) is 10.3. The molecule has 0 aromatic heterocycles. The number of carbonyl (C=O) groups is 5. The summed E-state index contributed by atoms with van der Waals surface area (Å²) in [5, 5.41) is 8.77. The zero-order valence-corrected chi connectivity index (χ0v) is 30.6. The molecule has 5 amide bonds. The Labute approximate surface area is 285 Å². The summed E-state index contributed by atoms with van der Waals surface area (Å²) >= 11 is 0. The number of nitrogens with two attached hydrogens (primary N) is 1. The summed E-state index contributed by atoms with van der Waals surface area (Å²) in [6, 6.07) is -3.51. The van der Waals surface area contributed by atoms with E-state index in [2.05, 4.69) is 22.9 Å². The number of urea groups is 1. The monoisotopic (exact) mass is 691 g/mol. The molecule has 0 aromatic carbocycles. The van der Waals surface area contributed by atoms with E-state index in [0.717, 1.165) is 38.5 Å². The van der Waals surface area contributed by atoms with E-state index in [1.165, 1.54) is 0 Å². The predicted molar refractivity (Wildman–Crippen MR) is 181 cm³/mol. The van der Waals surface area contributed by atoms with Gasteiger partial charge in [-0.15, -0.1) is 0 Å². The van der Waals surface area contributed by atoms with Gasteiger partial charge >= 0.3 is 6.03 Å². The zero-order chi connectivity index (χ0) is 35.6. The number of sulfone groups is 1. The number of amides is 5. The second-order valence-electron chi connectivity index (χ2n) is 17.7. The van der Waals surface area contributed by atoms with Crippen LogP contribution in [0.25, 0.3) is 0 Å². The molecule has 1 saturated heterocycles. The van der Waals surface area contributed by atoms with Crippen LogP contribution < -0.4 is 21.7 Å². The molecule has 270 valence electrons. The van der Waals surface area contributed by atoms with Crippen LogP contribution in [0.1, 0.15) is 113 Å². The summed E-state index contributed by atoms with van der Waals surface area (Å²) in [6.45, 7) is 13.0. The smallest absolute Gasteiger partial charge is 0.315 e. The Morgan fingerprint density at radius 3 is 1.98 bits per heavy atom. The molecular weight excluding hydrogens is 634 g/mol. The number of carbonyl (C=O) groups excluding carboxylic acids is 5. The number of primary amides is 1. The average Bonchev–Trinajstić information content (AvgIpc) is 3.83. The van der Waals surface area contributed by atoms with Crippen LogP contribution >= 0.6 is 0 Å². The van der Waals surface area contributed by atoms with Crippen molar-refractivity contribution in [2.75, 3.05) is 12.3 Å². The highest BCUT2D eigenvalue weighted by atomic mass is 32.2. The summed E-state index contributed by atoms with van der Waals surface area (Å²) in [5.41, 5.74) is 3.57. The van der Waals surface area contributed by atoms with E-state index < -0.39 is 73.2 Å². The summed E-state index contributed by atoms with van der Waals surface area (Å²) in [4.78, 5) is 68.7. The van der Waals surface area contributed by atoms with E-state index in [-0.39, 0.29) is 28.9 Å². The van der Waals surface area contributed by atoms with Gasteiger partial charge in [-0.25, -0.2) is 13.2 Å². The number of ketones is 1. The number of likely N-dealkylation sites (tertiary alicyclic amines) is 1. The highest BCUT2D eigenvalue weighted by Gasteiger charge is 2.75. The molecule has 5 N–H and O–H groups in total. The Balaban J connectivity index is 1.38. The molecule has 1 aliphatic heterocycles. The summed E-state index contributed by atoms with van der Waals surface area (Å²) in [6.07, 6.45) is 8.03. The van der Waals surface area contributed by atoms with Crippen LogP contribution in [0.2, 0.25) is 0 Å². The van der Waals surface area contributed by atoms with E-state index in [0.29, 0.717) is 38.1 Å². The van der Waals surface area contributed by atoms with Gasteiger partial charge in [-0.2, -0.15) is 0 Å². The third kappa shape index (κ3) is 6.86. The largest absolute Gasteiger partial charge is 0.363 e. The maximum Gasteiger partial charge on any atom is 0.315 e. The Kier molecular flexibility index (Phi) is 9.58. The van der Waals surface area contributed by atoms with Gasteiger partial charge in [0.1, 0.15) is 18.1 Å². The van der Waals surface area contributed by atoms with Crippen LogP contribution in [-0.2, 0) is 29.0 Å². The third-order valence-corrected chi connectivity index (χ3v) is 15.1. The maximum atomic E-state index is 14.5. The Morgan fingerprint density at radius 2 is 1.50 bits per heavy atom.